The van der Waals surface area contributed by atoms with Gasteiger partial charge in [-0.25, -0.2) is 0 Å². The van der Waals surface area contributed by atoms with E-state index in [9.17, 15) is 0 Å². The van der Waals surface area contributed by atoms with E-state index < -0.39 is 0 Å². The van der Waals surface area contributed by atoms with Crippen molar-refractivity contribution in [3.05, 3.63) is 11.9 Å². The highest BCUT2D eigenvalue weighted by atomic mass is 15.4. The third kappa shape index (κ3) is 3.51. The molecule has 1 aliphatic heterocycles. The number of nitrogens with zero attached hydrogens (tertiary/aromatic N) is 4. The highest BCUT2D eigenvalue weighted by Gasteiger charge is 2.20. The predicted molar refractivity (Wildman–Crippen MR) is 67.6 cm³/mol. The van der Waals surface area contributed by atoms with Crippen molar-refractivity contribution in [1.82, 2.24) is 25.2 Å². The van der Waals surface area contributed by atoms with Crippen LogP contribution in [0.15, 0.2) is 6.20 Å². The molecular formula is C12H23N5. The highest BCUT2D eigenvalue weighted by molar-refractivity contribution is 4.93. The molecule has 2 rings (SSSR count). The lowest BCUT2D eigenvalue weighted by molar-refractivity contribution is 0.192. The largest absolute Gasteiger partial charge is 0.313 e. The summed E-state index contributed by atoms with van der Waals surface area (Å²) >= 11 is 0. The third-order valence-electron chi connectivity index (χ3n) is 3.36. The van der Waals surface area contributed by atoms with E-state index in [1.807, 2.05) is 13.2 Å². The van der Waals surface area contributed by atoms with Gasteiger partial charge in [-0.2, -0.15) is 0 Å². The fourth-order valence-electron chi connectivity index (χ4n) is 2.33. The van der Waals surface area contributed by atoms with Crippen molar-refractivity contribution in [3.8, 4) is 0 Å². The standard InChI is InChI=1S/C12H23N5/c1-10(2)17(8-11-5-4-6-13-11)9-12-7-16(3)15-14-12/h7,10-11,13H,4-6,8-9H2,1-3H3. The molecule has 1 N–H and O–H groups in total. The molecule has 1 unspecified atom stereocenters. The summed E-state index contributed by atoms with van der Waals surface area (Å²) in [6.07, 6.45) is 4.60. The van der Waals surface area contributed by atoms with E-state index in [-0.39, 0.29) is 0 Å². The van der Waals surface area contributed by atoms with Gasteiger partial charge in [-0.15, -0.1) is 5.10 Å². The molecule has 1 aliphatic rings. The summed E-state index contributed by atoms with van der Waals surface area (Å²) in [6, 6.07) is 1.19. The molecule has 2 heterocycles. The molecule has 17 heavy (non-hydrogen) atoms. The Hall–Kier alpha value is -0.940. The Morgan fingerprint density at radius 2 is 2.41 bits per heavy atom. The minimum absolute atomic E-state index is 0.541. The van der Waals surface area contributed by atoms with Crippen LogP contribution in [0.2, 0.25) is 0 Å². The molecule has 1 atom stereocenters. The fourth-order valence-corrected chi connectivity index (χ4v) is 2.33. The zero-order chi connectivity index (χ0) is 12.3. The average molecular weight is 237 g/mol. The van der Waals surface area contributed by atoms with E-state index in [1.165, 1.54) is 19.4 Å². The van der Waals surface area contributed by atoms with Crippen LogP contribution in [0.25, 0.3) is 0 Å². The van der Waals surface area contributed by atoms with Crippen LogP contribution >= 0.6 is 0 Å². The zero-order valence-corrected chi connectivity index (χ0v) is 11.1. The maximum Gasteiger partial charge on any atom is 0.0967 e. The van der Waals surface area contributed by atoms with E-state index in [2.05, 4.69) is 34.4 Å². The number of rotatable bonds is 5. The molecule has 0 aromatic carbocycles. The maximum absolute atomic E-state index is 4.16. The number of aromatic nitrogens is 3. The smallest absolute Gasteiger partial charge is 0.0967 e. The molecule has 0 bridgehead atoms. The van der Waals surface area contributed by atoms with Crippen LogP contribution in [0.4, 0.5) is 0 Å². The van der Waals surface area contributed by atoms with Crippen LogP contribution in [-0.2, 0) is 13.6 Å². The van der Waals surface area contributed by atoms with Crippen LogP contribution in [-0.4, -0.2) is 45.1 Å². The van der Waals surface area contributed by atoms with Crippen LogP contribution in [0.5, 0.6) is 0 Å². The molecule has 0 spiro atoms. The second-order valence-electron chi connectivity index (χ2n) is 5.20. The van der Waals surface area contributed by atoms with Gasteiger partial charge >= 0.3 is 0 Å². The van der Waals surface area contributed by atoms with Crippen LogP contribution in [0, 0.1) is 0 Å². The predicted octanol–water partition coefficient (Wildman–Crippen LogP) is 0.777. The first-order chi connectivity index (χ1) is 8.15. The van der Waals surface area contributed by atoms with E-state index in [1.54, 1.807) is 4.68 Å². The van der Waals surface area contributed by atoms with Crippen LogP contribution in [0.3, 0.4) is 0 Å². The number of nitrogens with one attached hydrogen (secondary N) is 1. The number of aryl methyl sites for hydroxylation is 1. The summed E-state index contributed by atoms with van der Waals surface area (Å²) < 4.78 is 1.77. The summed E-state index contributed by atoms with van der Waals surface area (Å²) in [6.45, 7) is 7.65. The summed E-state index contributed by atoms with van der Waals surface area (Å²) in [5, 5.41) is 11.7. The van der Waals surface area contributed by atoms with Gasteiger partial charge in [0.15, 0.2) is 0 Å². The van der Waals surface area contributed by atoms with E-state index in [0.717, 1.165) is 18.8 Å². The summed E-state index contributed by atoms with van der Waals surface area (Å²) in [4.78, 5) is 2.47. The second kappa shape index (κ2) is 5.60. The van der Waals surface area contributed by atoms with Crippen LogP contribution in [0.1, 0.15) is 32.4 Å². The lowest BCUT2D eigenvalue weighted by Gasteiger charge is -2.28. The first-order valence-electron chi connectivity index (χ1n) is 6.48. The van der Waals surface area contributed by atoms with Gasteiger partial charge < -0.3 is 5.32 Å². The summed E-state index contributed by atoms with van der Waals surface area (Å²) in [5.41, 5.74) is 1.05. The molecule has 0 aliphatic carbocycles. The van der Waals surface area contributed by atoms with Crippen molar-refractivity contribution in [3.63, 3.8) is 0 Å². The normalized spacial score (nSPS) is 20.6. The Kier molecular flexibility index (Phi) is 4.12. The Balaban J connectivity index is 1.92. The summed E-state index contributed by atoms with van der Waals surface area (Å²) in [7, 11) is 1.91. The first-order valence-corrected chi connectivity index (χ1v) is 6.48. The Morgan fingerprint density at radius 3 is 2.94 bits per heavy atom. The van der Waals surface area contributed by atoms with E-state index >= 15 is 0 Å². The number of hydrogen-bond acceptors (Lipinski definition) is 4. The molecule has 5 heteroatoms. The maximum atomic E-state index is 4.16. The molecule has 1 fully saturated rings. The first kappa shape index (κ1) is 12.5. The lowest BCUT2D eigenvalue weighted by atomic mass is 10.2. The average Bonchev–Trinajstić information content (AvgIpc) is 2.89. The van der Waals surface area contributed by atoms with E-state index in [4.69, 9.17) is 0 Å². The molecule has 1 saturated heterocycles. The molecule has 5 nitrogen and oxygen atoms in total. The lowest BCUT2D eigenvalue weighted by Crippen LogP contribution is -2.40. The van der Waals surface area contributed by atoms with Gasteiger partial charge in [-0.1, -0.05) is 5.21 Å². The Labute approximate surface area is 103 Å². The number of hydrogen-bond donors (Lipinski definition) is 1. The quantitative estimate of drug-likeness (QED) is 0.822. The van der Waals surface area contributed by atoms with Gasteiger partial charge in [0.2, 0.25) is 0 Å². The van der Waals surface area contributed by atoms with Crippen molar-refractivity contribution in [2.24, 2.45) is 7.05 Å². The minimum atomic E-state index is 0.541. The minimum Gasteiger partial charge on any atom is -0.313 e. The molecule has 0 saturated carbocycles. The molecule has 96 valence electrons. The van der Waals surface area contributed by atoms with Crippen molar-refractivity contribution in [2.75, 3.05) is 13.1 Å². The van der Waals surface area contributed by atoms with Gasteiger partial charge in [0.05, 0.1) is 5.69 Å². The van der Waals surface area contributed by atoms with Crippen molar-refractivity contribution < 1.29 is 0 Å². The molecule has 1 aromatic rings. The molecule has 0 amide bonds. The molecule has 1 aromatic heterocycles. The molecular weight excluding hydrogens is 214 g/mol. The highest BCUT2D eigenvalue weighted by Crippen LogP contribution is 2.11. The Morgan fingerprint density at radius 1 is 1.59 bits per heavy atom. The Bertz CT molecular complexity index is 340. The summed E-state index contributed by atoms with van der Waals surface area (Å²) in [5.74, 6) is 0. The third-order valence-corrected chi connectivity index (χ3v) is 3.36. The van der Waals surface area contributed by atoms with Crippen molar-refractivity contribution in [1.29, 1.82) is 0 Å². The van der Waals surface area contributed by atoms with Gasteiger partial charge in [0, 0.05) is 38.4 Å². The van der Waals surface area contributed by atoms with Gasteiger partial charge in [0.1, 0.15) is 0 Å². The van der Waals surface area contributed by atoms with Gasteiger partial charge in [-0.3, -0.25) is 9.58 Å². The van der Waals surface area contributed by atoms with Crippen molar-refractivity contribution >= 4 is 0 Å². The monoisotopic (exact) mass is 237 g/mol. The van der Waals surface area contributed by atoms with E-state index in [0.29, 0.717) is 12.1 Å². The topological polar surface area (TPSA) is 46.0 Å². The van der Waals surface area contributed by atoms with Crippen molar-refractivity contribution in [2.45, 2.75) is 45.3 Å². The van der Waals surface area contributed by atoms with Gasteiger partial charge in [-0.05, 0) is 33.2 Å². The zero-order valence-electron chi connectivity index (χ0n) is 11.1. The fraction of sp³-hybridized carbons (Fsp3) is 0.833. The molecule has 0 radical (unpaired) electrons. The van der Waals surface area contributed by atoms with Gasteiger partial charge in [0.25, 0.3) is 0 Å². The van der Waals surface area contributed by atoms with Crippen LogP contribution < -0.4 is 5.32 Å². The second-order valence-corrected chi connectivity index (χ2v) is 5.20. The SMILES string of the molecule is CC(C)N(Cc1cn(C)nn1)CC1CCCN1.